The maximum atomic E-state index is 13.2. The Morgan fingerprint density at radius 1 is 1.28 bits per heavy atom. The van der Waals surface area contributed by atoms with E-state index in [-0.39, 0.29) is 22.2 Å². The lowest BCUT2D eigenvalue weighted by atomic mass is 9.99. The van der Waals surface area contributed by atoms with Gasteiger partial charge in [-0.2, -0.15) is 0 Å². The average Bonchev–Trinajstić information content (AvgIpc) is 3.29. The molecular formula is C16H13ClFNO4S2. The van der Waals surface area contributed by atoms with E-state index in [1.165, 1.54) is 17.6 Å². The Labute approximate surface area is 152 Å². The summed E-state index contributed by atoms with van der Waals surface area (Å²) in [5, 5.41) is 12.5. The molecule has 0 saturated carbocycles. The van der Waals surface area contributed by atoms with Crippen molar-refractivity contribution in [3.63, 3.8) is 0 Å². The maximum absolute atomic E-state index is 13.2. The second kappa shape index (κ2) is 6.89. The third-order valence-electron chi connectivity index (χ3n) is 3.58. The van der Waals surface area contributed by atoms with Gasteiger partial charge < -0.3 is 9.52 Å². The smallest absolute Gasteiger partial charge is 0.240 e. The van der Waals surface area contributed by atoms with Gasteiger partial charge in [-0.1, -0.05) is 17.7 Å². The second-order valence-electron chi connectivity index (χ2n) is 5.22. The quantitative estimate of drug-likeness (QED) is 0.663. The largest absolute Gasteiger partial charge is 0.466 e. The maximum Gasteiger partial charge on any atom is 0.240 e. The zero-order valence-electron chi connectivity index (χ0n) is 12.6. The number of halogens is 2. The van der Waals surface area contributed by atoms with Crippen molar-refractivity contribution in [2.24, 2.45) is 0 Å². The van der Waals surface area contributed by atoms with Crippen LogP contribution in [-0.2, 0) is 15.6 Å². The van der Waals surface area contributed by atoms with Crippen molar-refractivity contribution < 1.29 is 22.3 Å². The highest BCUT2D eigenvalue weighted by molar-refractivity contribution is 7.89. The van der Waals surface area contributed by atoms with Crippen molar-refractivity contribution in [3.8, 4) is 0 Å². The number of furan rings is 1. The van der Waals surface area contributed by atoms with E-state index in [1.807, 2.05) is 0 Å². The summed E-state index contributed by atoms with van der Waals surface area (Å²) in [6.07, 6.45) is 1.39. The van der Waals surface area contributed by atoms with Gasteiger partial charge in [-0.15, -0.1) is 11.3 Å². The molecular weight excluding hydrogens is 389 g/mol. The van der Waals surface area contributed by atoms with E-state index in [1.54, 1.807) is 29.6 Å². The van der Waals surface area contributed by atoms with Crippen LogP contribution in [0.5, 0.6) is 0 Å². The van der Waals surface area contributed by atoms with Crippen molar-refractivity contribution in [1.82, 2.24) is 4.72 Å². The van der Waals surface area contributed by atoms with Crippen LogP contribution in [0.3, 0.4) is 0 Å². The van der Waals surface area contributed by atoms with Gasteiger partial charge in [-0.25, -0.2) is 17.5 Å². The first-order chi connectivity index (χ1) is 11.8. The summed E-state index contributed by atoms with van der Waals surface area (Å²) < 4.78 is 45.7. The Morgan fingerprint density at radius 3 is 2.68 bits per heavy atom. The van der Waals surface area contributed by atoms with E-state index in [0.717, 1.165) is 18.2 Å². The summed E-state index contributed by atoms with van der Waals surface area (Å²) in [6.45, 7) is -0.363. The highest BCUT2D eigenvalue weighted by Crippen LogP contribution is 2.33. The van der Waals surface area contributed by atoms with Crippen LogP contribution in [0.1, 0.15) is 10.6 Å². The highest BCUT2D eigenvalue weighted by Gasteiger charge is 2.37. The third kappa shape index (κ3) is 3.63. The fourth-order valence-electron chi connectivity index (χ4n) is 2.25. The number of thiophene rings is 1. The Bertz CT molecular complexity index is 922. The highest BCUT2D eigenvalue weighted by atomic mass is 35.5. The molecule has 132 valence electrons. The number of rotatable bonds is 6. The number of aliphatic hydroxyl groups is 1. The van der Waals surface area contributed by atoms with Crippen LogP contribution in [0.25, 0.3) is 0 Å². The minimum atomic E-state index is -4.01. The van der Waals surface area contributed by atoms with Gasteiger partial charge in [0.05, 0.1) is 22.7 Å². The molecule has 2 heterocycles. The topological polar surface area (TPSA) is 79.5 Å². The minimum Gasteiger partial charge on any atom is -0.466 e. The average molecular weight is 402 g/mol. The summed E-state index contributed by atoms with van der Waals surface area (Å²) >= 11 is 6.91. The van der Waals surface area contributed by atoms with Gasteiger partial charge in [0.15, 0.2) is 5.60 Å². The molecule has 3 rings (SSSR count). The first kappa shape index (κ1) is 18.1. The lowest BCUT2D eigenvalue weighted by Gasteiger charge is -2.25. The predicted octanol–water partition coefficient (Wildman–Crippen LogP) is 3.35. The molecule has 0 unspecified atom stereocenters. The summed E-state index contributed by atoms with van der Waals surface area (Å²) in [5.74, 6) is -0.513. The number of nitrogens with one attached hydrogen (secondary N) is 1. The predicted molar refractivity (Wildman–Crippen MR) is 92.6 cm³/mol. The van der Waals surface area contributed by atoms with Crippen molar-refractivity contribution in [2.75, 3.05) is 6.54 Å². The number of sulfonamides is 1. The minimum absolute atomic E-state index is 0.202. The molecule has 9 heteroatoms. The zero-order chi connectivity index (χ0) is 18.1. The Balaban J connectivity index is 1.90. The number of hydrogen-bond acceptors (Lipinski definition) is 5. The van der Waals surface area contributed by atoms with E-state index in [2.05, 4.69) is 4.72 Å². The molecule has 0 aliphatic carbocycles. The van der Waals surface area contributed by atoms with Crippen LogP contribution in [0.4, 0.5) is 4.39 Å². The Kier molecular flexibility index (Phi) is 4.99. The molecule has 0 radical (unpaired) electrons. The molecule has 0 bridgehead atoms. The van der Waals surface area contributed by atoms with Crippen molar-refractivity contribution in [2.45, 2.75) is 10.5 Å². The van der Waals surface area contributed by atoms with Crippen molar-refractivity contribution in [1.29, 1.82) is 0 Å². The molecule has 5 nitrogen and oxygen atoms in total. The normalized spacial score (nSPS) is 14.4. The van der Waals surface area contributed by atoms with Crippen LogP contribution in [0, 0.1) is 5.82 Å². The molecule has 1 atom stereocenters. The molecule has 25 heavy (non-hydrogen) atoms. The summed E-state index contributed by atoms with van der Waals surface area (Å²) in [6, 6.07) is 9.65. The molecule has 0 spiro atoms. The molecule has 2 N–H and O–H groups in total. The molecule has 0 saturated heterocycles. The Morgan fingerprint density at radius 2 is 2.08 bits per heavy atom. The molecule has 0 fully saturated rings. The standard InChI is InChI=1S/C16H13ClFNO4S2/c17-12-9-11(5-6-13(12)18)25(21,22)19-10-16(20,14-3-1-7-23-14)15-4-2-8-24-15/h1-9,19-20H,10H2/t16-/m0/s1. The summed E-state index contributed by atoms with van der Waals surface area (Å²) in [4.78, 5) is 0.314. The van der Waals surface area contributed by atoms with E-state index in [4.69, 9.17) is 16.0 Å². The lowest BCUT2D eigenvalue weighted by molar-refractivity contribution is 0.0655. The third-order valence-corrected chi connectivity index (χ3v) is 6.29. The van der Waals surface area contributed by atoms with Crippen molar-refractivity contribution >= 4 is 33.0 Å². The number of benzene rings is 1. The van der Waals surface area contributed by atoms with Crippen LogP contribution in [-0.4, -0.2) is 20.1 Å². The fourth-order valence-corrected chi connectivity index (χ4v) is 4.41. The second-order valence-corrected chi connectivity index (χ2v) is 8.34. The van der Waals surface area contributed by atoms with Gasteiger partial charge in [-0.05, 0) is 41.8 Å². The molecule has 0 amide bonds. The Hall–Kier alpha value is -1.71. The first-order valence-corrected chi connectivity index (χ1v) is 9.82. The number of hydrogen-bond donors (Lipinski definition) is 2. The van der Waals surface area contributed by atoms with Crippen LogP contribution in [0.15, 0.2) is 63.4 Å². The van der Waals surface area contributed by atoms with E-state index >= 15 is 0 Å². The molecule has 2 aromatic heterocycles. The zero-order valence-corrected chi connectivity index (χ0v) is 15.0. The van der Waals surface area contributed by atoms with Gasteiger partial charge in [0.1, 0.15) is 11.6 Å². The van der Waals surface area contributed by atoms with Gasteiger partial charge in [0.25, 0.3) is 0 Å². The van der Waals surface area contributed by atoms with Gasteiger partial charge >= 0.3 is 0 Å². The summed E-state index contributed by atoms with van der Waals surface area (Å²) in [5.41, 5.74) is -1.67. The molecule has 3 aromatic rings. The SMILES string of the molecule is O=S(=O)(NC[C@](O)(c1ccco1)c1cccs1)c1ccc(F)c(Cl)c1. The molecule has 1 aromatic carbocycles. The van der Waals surface area contributed by atoms with Gasteiger partial charge in [0.2, 0.25) is 10.0 Å². The van der Waals surface area contributed by atoms with Crippen LogP contribution >= 0.6 is 22.9 Å². The first-order valence-electron chi connectivity index (χ1n) is 7.08. The fraction of sp³-hybridized carbons (Fsp3) is 0.125. The molecule has 0 aliphatic heterocycles. The van der Waals surface area contributed by atoms with E-state index < -0.39 is 21.4 Å². The lowest BCUT2D eigenvalue weighted by Crippen LogP contribution is -2.40. The monoisotopic (exact) mass is 401 g/mol. The summed E-state index contributed by atoms with van der Waals surface area (Å²) in [7, 11) is -4.01. The van der Waals surface area contributed by atoms with E-state index in [9.17, 15) is 17.9 Å². The van der Waals surface area contributed by atoms with Crippen LogP contribution in [0.2, 0.25) is 5.02 Å². The van der Waals surface area contributed by atoms with Crippen molar-refractivity contribution in [3.05, 3.63) is 75.6 Å². The molecule has 0 aliphatic rings. The van der Waals surface area contributed by atoms with Gasteiger partial charge in [-0.3, -0.25) is 0 Å². The van der Waals surface area contributed by atoms with Gasteiger partial charge in [0, 0.05) is 4.88 Å². The van der Waals surface area contributed by atoms with E-state index in [0.29, 0.717) is 4.88 Å². The van der Waals surface area contributed by atoms with Crippen LogP contribution < -0.4 is 4.72 Å².